The van der Waals surface area contributed by atoms with E-state index >= 15 is 0 Å². The van der Waals surface area contributed by atoms with Gasteiger partial charge in [0.15, 0.2) is 5.65 Å². The van der Waals surface area contributed by atoms with Crippen LogP contribution in [0.2, 0.25) is 10.0 Å². The molecular weight excluding hydrogens is 367 g/mol. The molecule has 25 heavy (non-hydrogen) atoms. The summed E-state index contributed by atoms with van der Waals surface area (Å²) in [7, 11) is 2.86. The third-order valence-electron chi connectivity index (χ3n) is 3.76. The zero-order valence-electron chi connectivity index (χ0n) is 13.2. The summed E-state index contributed by atoms with van der Waals surface area (Å²) in [5, 5.41) is 3.36. The lowest BCUT2D eigenvalue weighted by atomic mass is 10.2. The molecule has 0 aliphatic heterocycles. The first kappa shape index (κ1) is 17.2. The molecule has 1 N–H and O–H groups in total. The van der Waals surface area contributed by atoms with E-state index in [1.54, 1.807) is 0 Å². The Kier molecular flexibility index (Phi) is 4.36. The molecule has 0 bridgehead atoms. The zero-order chi connectivity index (χ0) is 18.3. The summed E-state index contributed by atoms with van der Waals surface area (Å²) in [6.07, 6.45) is 1.40. The van der Waals surface area contributed by atoms with Gasteiger partial charge in [0.2, 0.25) is 0 Å². The molecule has 128 valence electrons. The van der Waals surface area contributed by atoms with Crippen LogP contribution in [0.5, 0.6) is 0 Å². The monoisotopic (exact) mass is 378 g/mol. The van der Waals surface area contributed by atoms with Crippen LogP contribution in [0.4, 0.5) is 5.69 Å². The Bertz CT molecular complexity index is 1130. The predicted octanol–water partition coefficient (Wildman–Crippen LogP) is 2.19. The first-order valence-corrected chi connectivity index (χ1v) is 7.88. The molecule has 1 aromatic carbocycles. The van der Waals surface area contributed by atoms with E-state index in [2.05, 4.69) is 10.3 Å². The lowest BCUT2D eigenvalue weighted by molar-refractivity contribution is 0.102. The fourth-order valence-corrected chi connectivity index (χ4v) is 2.95. The highest BCUT2D eigenvalue weighted by Crippen LogP contribution is 2.23. The number of carbonyl (C=O) groups excluding carboxylic acids is 1. The second-order valence-corrected chi connectivity index (χ2v) is 6.18. The standard InChI is InChI=1S/C16H12Cl2N4O3/c1-21-13-12(15(24)22(2)16(21)25)11(5-6-19-13)20-14(23)9-4-3-8(17)7-10(9)18/h3-7H,1-2H3,(H,19,20,23). The van der Waals surface area contributed by atoms with Gasteiger partial charge in [0.25, 0.3) is 11.5 Å². The van der Waals surface area contributed by atoms with Crippen molar-refractivity contribution in [1.29, 1.82) is 0 Å². The first-order chi connectivity index (χ1) is 11.8. The minimum atomic E-state index is -0.552. The van der Waals surface area contributed by atoms with Crippen LogP contribution in [-0.4, -0.2) is 20.0 Å². The van der Waals surface area contributed by atoms with Crippen molar-refractivity contribution >= 4 is 45.8 Å². The molecule has 2 aromatic heterocycles. The van der Waals surface area contributed by atoms with E-state index in [0.29, 0.717) is 5.02 Å². The number of hydrogen-bond acceptors (Lipinski definition) is 4. The molecule has 0 aliphatic rings. The number of anilines is 1. The second-order valence-electron chi connectivity index (χ2n) is 5.34. The van der Waals surface area contributed by atoms with E-state index in [0.717, 1.165) is 4.57 Å². The lowest BCUT2D eigenvalue weighted by Gasteiger charge is -2.11. The predicted molar refractivity (Wildman–Crippen MR) is 96.6 cm³/mol. The van der Waals surface area contributed by atoms with Gasteiger partial charge in [-0.1, -0.05) is 23.2 Å². The number of fused-ring (bicyclic) bond motifs is 1. The number of nitrogens with one attached hydrogen (secondary N) is 1. The second kappa shape index (κ2) is 6.34. The van der Waals surface area contributed by atoms with Gasteiger partial charge in [0.05, 0.1) is 16.3 Å². The van der Waals surface area contributed by atoms with Crippen LogP contribution in [0.1, 0.15) is 10.4 Å². The number of pyridine rings is 1. The summed E-state index contributed by atoms with van der Waals surface area (Å²) >= 11 is 11.9. The quantitative estimate of drug-likeness (QED) is 0.740. The van der Waals surface area contributed by atoms with Gasteiger partial charge < -0.3 is 5.32 Å². The number of carbonyl (C=O) groups is 1. The van der Waals surface area contributed by atoms with Gasteiger partial charge in [0, 0.05) is 25.3 Å². The number of aryl methyl sites for hydroxylation is 1. The molecule has 7 nitrogen and oxygen atoms in total. The van der Waals surface area contributed by atoms with E-state index in [9.17, 15) is 14.4 Å². The van der Waals surface area contributed by atoms with Crippen molar-refractivity contribution in [3.05, 3.63) is 66.9 Å². The summed E-state index contributed by atoms with van der Waals surface area (Å²) in [6.45, 7) is 0. The molecule has 0 saturated heterocycles. The number of hydrogen-bond donors (Lipinski definition) is 1. The number of nitrogens with zero attached hydrogens (tertiary/aromatic N) is 3. The van der Waals surface area contributed by atoms with Crippen molar-refractivity contribution in [3.8, 4) is 0 Å². The van der Waals surface area contributed by atoms with Crippen LogP contribution >= 0.6 is 23.2 Å². The smallest absolute Gasteiger partial charge is 0.321 e. The molecule has 0 aliphatic carbocycles. The number of rotatable bonds is 2. The lowest BCUT2D eigenvalue weighted by Crippen LogP contribution is -2.37. The number of halogens is 2. The summed E-state index contributed by atoms with van der Waals surface area (Å²) < 4.78 is 2.19. The Balaban J connectivity index is 2.15. The highest BCUT2D eigenvalue weighted by molar-refractivity contribution is 6.37. The number of aromatic nitrogens is 3. The van der Waals surface area contributed by atoms with Crippen molar-refractivity contribution in [2.24, 2.45) is 14.1 Å². The van der Waals surface area contributed by atoms with Crippen LogP contribution in [0.15, 0.2) is 40.1 Å². The van der Waals surface area contributed by atoms with Crippen LogP contribution in [0.3, 0.4) is 0 Å². The van der Waals surface area contributed by atoms with E-state index in [4.69, 9.17) is 23.2 Å². The Morgan fingerprint density at radius 2 is 1.84 bits per heavy atom. The first-order valence-electron chi connectivity index (χ1n) is 7.12. The van der Waals surface area contributed by atoms with E-state index in [-0.39, 0.29) is 27.3 Å². The van der Waals surface area contributed by atoms with Gasteiger partial charge in [0.1, 0.15) is 5.39 Å². The fourth-order valence-electron chi connectivity index (χ4n) is 2.45. The molecular formula is C16H12Cl2N4O3. The van der Waals surface area contributed by atoms with Crippen molar-refractivity contribution in [3.63, 3.8) is 0 Å². The third-order valence-corrected chi connectivity index (χ3v) is 4.31. The number of benzene rings is 1. The zero-order valence-corrected chi connectivity index (χ0v) is 14.7. The highest BCUT2D eigenvalue weighted by atomic mass is 35.5. The molecule has 3 aromatic rings. The van der Waals surface area contributed by atoms with Crippen LogP contribution in [-0.2, 0) is 14.1 Å². The Morgan fingerprint density at radius 1 is 1.12 bits per heavy atom. The minimum absolute atomic E-state index is 0.130. The maximum Gasteiger partial charge on any atom is 0.332 e. The van der Waals surface area contributed by atoms with E-state index in [1.165, 1.54) is 49.1 Å². The molecule has 0 radical (unpaired) electrons. The normalized spacial score (nSPS) is 10.9. The van der Waals surface area contributed by atoms with Gasteiger partial charge in [-0.2, -0.15) is 0 Å². The third kappa shape index (κ3) is 2.92. The maximum absolute atomic E-state index is 12.5. The molecule has 9 heteroatoms. The van der Waals surface area contributed by atoms with Crippen molar-refractivity contribution in [1.82, 2.24) is 14.1 Å². The topological polar surface area (TPSA) is 86.0 Å². The minimum Gasteiger partial charge on any atom is -0.321 e. The van der Waals surface area contributed by atoms with Crippen LogP contribution in [0, 0.1) is 0 Å². The SMILES string of the molecule is Cn1c(=O)c2c(NC(=O)c3ccc(Cl)cc3Cl)ccnc2n(C)c1=O. The largest absolute Gasteiger partial charge is 0.332 e. The summed E-state index contributed by atoms with van der Waals surface area (Å²) in [4.78, 5) is 41.0. The Hall–Kier alpha value is -2.64. The van der Waals surface area contributed by atoms with Gasteiger partial charge in [-0.05, 0) is 24.3 Å². The Labute approximate surface area is 151 Å². The van der Waals surface area contributed by atoms with Crippen LogP contribution in [0.25, 0.3) is 11.0 Å². The average Bonchev–Trinajstić information content (AvgIpc) is 2.57. The summed E-state index contributed by atoms with van der Waals surface area (Å²) in [6, 6.07) is 5.95. The molecule has 0 spiro atoms. The average molecular weight is 379 g/mol. The summed E-state index contributed by atoms with van der Waals surface area (Å²) in [5.41, 5.74) is -0.444. The van der Waals surface area contributed by atoms with Crippen molar-refractivity contribution in [2.45, 2.75) is 0 Å². The van der Waals surface area contributed by atoms with E-state index < -0.39 is 17.2 Å². The molecule has 2 heterocycles. The maximum atomic E-state index is 12.5. The van der Waals surface area contributed by atoms with Crippen molar-refractivity contribution < 1.29 is 4.79 Å². The fraction of sp³-hybridized carbons (Fsp3) is 0.125. The van der Waals surface area contributed by atoms with Gasteiger partial charge in [-0.15, -0.1) is 0 Å². The van der Waals surface area contributed by atoms with Gasteiger partial charge in [-0.3, -0.25) is 18.7 Å². The molecule has 3 rings (SSSR count). The van der Waals surface area contributed by atoms with E-state index in [1.807, 2.05) is 0 Å². The summed E-state index contributed by atoms with van der Waals surface area (Å²) in [5.74, 6) is -0.509. The van der Waals surface area contributed by atoms with Gasteiger partial charge in [-0.25, -0.2) is 9.78 Å². The van der Waals surface area contributed by atoms with Crippen molar-refractivity contribution in [2.75, 3.05) is 5.32 Å². The van der Waals surface area contributed by atoms with Gasteiger partial charge >= 0.3 is 5.69 Å². The molecule has 0 saturated carbocycles. The van der Waals surface area contributed by atoms with Crippen LogP contribution < -0.4 is 16.6 Å². The molecule has 0 fully saturated rings. The molecule has 0 unspecified atom stereocenters. The molecule has 0 atom stereocenters. The Morgan fingerprint density at radius 3 is 2.52 bits per heavy atom. The molecule has 1 amide bonds. The highest BCUT2D eigenvalue weighted by Gasteiger charge is 2.17. The number of amides is 1.